The first-order valence-electron chi connectivity index (χ1n) is 9.42. The highest BCUT2D eigenvalue weighted by Crippen LogP contribution is 2.25. The van der Waals surface area contributed by atoms with Crippen LogP contribution < -0.4 is 5.32 Å². The molecule has 1 saturated heterocycles. The molecule has 27 heavy (non-hydrogen) atoms. The predicted octanol–water partition coefficient (Wildman–Crippen LogP) is 3.18. The fourth-order valence-electron chi connectivity index (χ4n) is 3.18. The summed E-state index contributed by atoms with van der Waals surface area (Å²) in [6.45, 7) is 2.42. The molecule has 1 heterocycles. The minimum atomic E-state index is -3.83. The summed E-state index contributed by atoms with van der Waals surface area (Å²) >= 11 is 0. The van der Waals surface area contributed by atoms with Crippen molar-refractivity contribution in [2.45, 2.75) is 69.4 Å². The van der Waals surface area contributed by atoms with Gasteiger partial charge in [-0.2, -0.15) is 4.31 Å². The molecular weight excluding hydrogens is 370 g/mol. The van der Waals surface area contributed by atoms with Crippen molar-refractivity contribution < 1.29 is 18.1 Å². The van der Waals surface area contributed by atoms with Crippen LogP contribution in [0.3, 0.4) is 0 Å². The molecule has 0 aliphatic carbocycles. The highest BCUT2D eigenvalue weighted by Gasteiger charge is 2.34. The number of nitro benzene ring substituents is 1. The van der Waals surface area contributed by atoms with Crippen LogP contribution in [0.15, 0.2) is 29.2 Å². The number of amides is 1. The molecule has 9 heteroatoms. The van der Waals surface area contributed by atoms with Gasteiger partial charge in [-0.25, -0.2) is 8.42 Å². The van der Waals surface area contributed by atoms with E-state index in [9.17, 15) is 23.3 Å². The number of hydrogen-bond acceptors (Lipinski definition) is 5. The van der Waals surface area contributed by atoms with Crippen molar-refractivity contribution >= 4 is 21.6 Å². The third-order valence-electron chi connectivity index (χ3n) is 4.69. The van der Waals surface area contributed by atoms with Crippen molar-refractivity contribution in [3.63, 3.8) is 0 Å². The fraction of sp³-hybridized carbons (Fsp3) is 0.611. The normalized spacial score (nSPS) is 18.2. The Bertz CT molecular complexity index is 749. The van der Waals surface area contributed by atoms with Crippen molar-refractivity contribution in [1.82, 2.24) is 9.62 Å². The Labute approximate surface area is 160 Å². The molecule has 1 unspecified atom stereocenters. The summed E-state index contributed by atoms with van der Waals surface area (Å²) in [7, 11) is -3.83. The standard InChI is InChI=1S/C18H27N3O5S/c1-2-3-4-5-9-18(22)19-17-8-6-7-14-20(17)27(25,26)16-12-10-15(11-13-16)21(23)24/h10-13,17H,2-9,14H2,1H3,(H,19,22). The second kappa shape index (κ2) is 9.80. The Morgan fingerprint density at radius 2 is 1.93 bits per heavy atom. The summed E-state index contributed by atoms with van der Waals surface area (Å²) in [6, 6.07) is 4.84. The molecule has 0 bridgehead atoms. The van der Waals surface area contributed by atoms with Crippen LogP contribution in [0.25, 0.3) is 0 Å². The second-order valence-corrected chi connectivity index (χ2v) is 8.65. The van der Waals surface area contributed by atoms with Crippen molar-refractivity contribution in [3.8, 4) is 0 Å². The molecular formula is C18H27N3O5S. The molecule has 1 N–H and O–H groups in total. The number of hydrogen-bond donors (Lipinski definition) is 1. The zero-order valence-electron chi connectivity index (χ0n) is 15.6. The SMILES string of the molecule is CCCCCCC(=O)NC1CCCCN1S(=O)(=O)c1ccc([N+](=O)[O-])cc1. The molecule has 1 aliphatic heterocycles. The number of sulfonamides is 1. The van der Waals surface area contributed by atoms with Crippen LogP contribution >= 0.6 is 0 Å². The first-order valence-corrected chi connectivity index (χ1v) is 10.9. The van der Waals surface area contributed by atoms with Crippen molar-refractivity contribution in [2.75, 3.05) is 6.54 Å². The molecule has 1 aromatic rings. The highest BCUT2D eigenvalue weighted by molar-refractivity contribution is 7.89. The number of nitro groups is 1. The molecule has 0 saturated carbocycles. The van der Waals surface area contributed by atoms with Crippen molar-refractivity contribution in [2.24, 2.45) is 0 Å². The molecule has 150 valence electrons. The maximum absolute atomic E-state index is 13.0. The average Bonchev–Trinajstić information content (AvgIpc) is 2.65. The molecule has 1 aliphatic rings. The quantitative estimate of drug-likeness (QED) is 0.391. The lowest BCUT2D eigenvalue weighted by Gasteiger charge is -2.35. The van der Waals surface area contributed by atoms with Crippen molar-refractivity contribution in [3.05, 3.63) is 34.4 Å². The maximum Gasteiger partial charge on any atom is 0.269 e. The minimum Gasteiger partial charge on any atom is -0.340 e. The van der Waals surface area contributed by atoms with E-state index in [1.807, 2.05) is 0 Å². The molecule has 1 aromatic carbocycles. The van der Waals surface area contributed by atoms with E-state index < -0.39 is 21.1 Å². The van der Waals surface area contributed by atoms with Gasteiger partial charge >= 0.3 is 0 Å². The van der Waals surface area contributed by atoms with Gasteiger partial charge in [-0.3, -0.25) is 14.9 Å². The number of piperidine rings is 1. The summed E-state index contributed by atoms with van der Waals surface area (Å²) in [5.41, 5.74) is -0.162. The number of nitrogens with zero attached hydrogens (tertiary/aromatic N) is 2. The van der Waals surface area contributed by atoms with E-state index in [2.05, 4.69) is 12.2 Å². The van der Waals surface area contributed by atoms with Crippen LogP contribution in [0.4, 0.5) is 5.69 Å². The Morgan fingerprint density at radius 3 is 2.56 bits per heavy atom. The van der Waals surface area contributed by atoms with E-state index in [-0.39, 0.29) is 16.5 Å². The van der Waals surface area contributed by atoms with Crippen LogP contribution in [0.1, 0.15) is 58.3 Å². The number of rotatable bonds is 9. The monoisotopic (exact) mass is 397 g/mol. The number of carbonyl (C=O) groups excluding carboxylic acids is 1. The van der Waals surface area contributed by atoms with E-state index in [0.717, 1.165) is 38.5 Å². The number of nitrogens with one attached hydrogen (secondary N) is 1. The number of non-ortho nitro benzene ring substituents is 1. The largest absolute Gasteiger partial charge is 0.340 e. The summed E-state index contributed by atoms with van der Waals surface area (Å²) in [5, 5.41) is 13.6. The smallest absolute Gasteiger partial charge is 0.269 e. The maximum atomic E-state index is 13.0. The minimum absolute atomic E-state index is 0.00260. The molecule has 0 aromatic heterocycles. The van der Waals surface area contributed by atoms with E-state index in [0.29, 0.717) is 19.4 Å². The summed E-state index contributed by atoms with van der Waals surface area (Å²) < 4.78 is 27.2. The first kappa shape index (κ1) is 21.3. The predicted molar refractivity (Wildman–Crippen MR) is 102 cm³/mol. The van der Waals surface area contributed by atoms with E-state index in [4.69, 9.17) is 0 Å². The van der Waals surface area contributed by atoms with Gasteiger partial charge in [0.15, 0.2) is 0 Å². The molecule has 1 atom stereocenters. The van der Waals surface area contributed by atoms with Gasteiger partial charge in [0.25, 0.3) is 5.69 Å². The van der Waals surface area contributed by atoms with E-state index >= 15 is 0 Å². The van der Waals surface area contributed by atoms with Gasteiger partial charge < -0.3 is 5.32 Å². The third-order valence-corrected chi connectivity index (χ3v) is 6.62. The zero-order valence-corrected chi connectivity index (χ0v) is 16.4. The van der Waals surface area contributed by atoms with E-state index in [1.54, 1.807) is 0 Å². The Kier molecular flexibility index (Phi) is 7.73. The Morgan fingerprint density at radius 1 is 1.22 bits per heavy atom. The average molecular weight is 397 g/mol. The lowest BCUT2D eigenvalue weighted by atomic mass is 10.1. The summed E-state index contributed by atoms with van der Waals surface area (Å²) in [4.78, 5) is 22.4. The summed E-state index contributed by atoms with van der Waals surface area (Å²) in [5.74, 6) is -0.137. The molecule has 1 fully saturated rings. The van der Waals surface area contributed by atoms with Gasteiger partial charge in [-0.05, 0) is 37.8 Å². The molecule has 8 nitrogen and oxygen atoms in total. The van der Waals surface area contributed by atoms with Crippen LogP contribution in [0.2, 0.25) is 0 Å². The van der Waals surface area contributed by atoms with Crippen molar-refractivity contribution in [1.29, 1.82) is 0 Å². The molecule has 1 amide bonds. The van der Waals surface area contributed by atoms with Crippen LogP contribution in [-0.4, -0.2) is 36.3 Å². The fourth-order valence-corrected chi connectivity index (χ4v) is 4.80. The van der Waals surface area contributed by atoms with Gasteiger partial charge in [-0.1, -0.05) is 26.2 Å². The van der Waals surface area contributed by atoms with Gasteiger partial charge in [-0.15, -0.1) is 0 Å². The Hall–Kier alpha value is -2.00. The topological polar surface area (TPSA) is 110 Å². The van der Waals surface area contributed by atoms with Crippen LogP contribution in [-0.2, 0) is 14.8 Å². The molecule has 0 radical (unpaired) electrons. The van der Waals surface area contributed by atoms with Gasteiger partial charge in [0, 0.05) is 25.1 Å². The van der Waals surface area contributed by atoms with Gasteiger partial charge in [0.05, 0.1) is 16.0 Å². The lowest BCUT2D eigenvalue weighted by Crippen LogP contribution is -2.52. The summed E-state index contributed by atoms with van der Waals surface area (Å²) in [6.07, 6.45) is 5.89. The number of carbonyl (C=O) groups is 1. The van der Waals surface area contributed by atoms with Gasteiger partial charge in [0.2, 0.25) is 15.9 Å². The van der Waals surface area contributed by atoms with Crippen LogP contribution in [0.5, 0.6) is 0 Å². The highest BCUT2D eigenvalue weighted by atomic mass is 32.2. The third kappa shape index (κ3) is 5.74. The van der Waals surface area contributed by atoms with E-state index in [1.165, 1.54) is 28.6 Å². The second-order valence-electron chi connectivity index (χ2n) is 6.76. The molecule has 2 rings (SSSR count). The number of unbranched alkanes of at least 4 members (excludes halogenated alkanes) is 3. The molecule has 0 spiro atoms. The first-order chi connectivity index (χ1) is 12.9. The zero-order chi connectivity index (χ0) is 19.9. The Balaban J connectivity index is 2.08. The van der Waals surface area contributed by atoms with Crippen LogP contribution in [0, 0.1) is 10.1 Å². The van der Waals surface area contributed by atoms with Gasteiger partial charge in [0.1, 0.15) is 0 Å². The number of benzene rings is 1. The lowest BCUT2D eigenvalue weighted by molar-refractivity contribution is -0.384.